The largest absolute Gasteiger partial charge is 0.631 e. The molecule has 2 atom stereocenters. The van der Waals surface area contributed by atoms with Crippen LogP contribution in [0.3, 0.4) is 0 Å². The third kappa shape index (κ3) is 7.52. The van der Waals surface area contributed by atoms with Gasteiger partial charge in [0.1, 0.15) is 17.5 Å². The van der Waals surface area contributed by atoms with Crippen molar-refractivity contribution in [3.8, 4) is 11.5 Å². The highest BCUT2D eigenvalue weighted by Gasteiger charge is 2.52. The van der Waals surface area contributed by atoms with Crippen LogP contribution in [0.2, 0.25) is 5.02 Å². The number of benzene rings is 3. The number of anilines is 1. The van der Waals surface area contributed by atoms with Crippen LogP contribution in [0.15, 0.2) is 77.7 Å². The summed E-state index contributed by atoms with van der Waals surface area (Å²) in [6, 6.07) is 16.8. The normalized spacial score (nSPS) is 21.2. The summed E-state index contributed by atoms with van der Waals surface area (Å²) in [7, 11) is -3.90. The highest BCUT2D eigenvalue weighted by Crippen LogP contribution is 2.39. The lowest BCUT2D eigenvalue weighted by Gasteiger charge is -2.56. The van der Waals surface area contributed by atoms with Gasteiger partial charge in [-0.25, -0.2) is 18.0 Å². The summed E-state index contributed by atoms with van der Waals surface area (Å²) < 4.78 is 37.7. The van der Waals surface area contributed by atoms with Crippen LogP contribution in [-0.4, -0.2) is 88.7 Å². The summed E-state index contributed by atoms with van der Waals surface area (Å²) in [4.78, 5) is 28.5. The van der Waals surface area contributed by atoms with Crippen LogP contribution in [0.1, 0.15) is 11.6 Å². The Bertz CT molecular complexity index is 1590. The third-order valence-electron chi connectivity index (χ3n) is 7.58. The van der Waals surface area contributed by atoms with Gasteiger partial charge in [0.05, 0.1) is 43.5 Å². The number of carbonyl (C=O) groups is 2. The lowest BCUT2D eigenvalue weighted by Crippen LogP contribution is -2.71. The summed E-state index contributed by atoms with van der Waals surface area (Å²) in [5.41, 5.74) is 0.558. The monoisotopic (exact) mass is 659 g/mol. The number of quaternary nitrogens is 1. The van der Waals surface area contributed by atoms with Gasteiger partial charge >= 0.3 is 0 Å². The number of sulfonamides is 1. The maximum Gasteiger partial charge on any atom is 0.297 e. The van der Waals surface area contributed by atoms with Crippen molar-refractivity contribution in [2.75, 3.05) is 57.6 Å². The first kappa shape index (κ1) is 32.9. The average molecular weight is 660 g/mol. The van der Waals surface area contributed by atoms with E-state index in [0.717, 1.165) is 4.90 Å². The molecule has 2 fully saturated rings. The Morgan fingerprint density at radius 1 is 0.956 bits per heavy atom. The zero-order valence-electron chi connectivity index (χ0n) is 24.2. The molecule has 2 amide bonds. The number of nitrogens with one attached hydrogen (secondary N) is 3. The van der Waals surface area contributed by atoms with Crippen LogP contribution in [-0.2, 0) is 24.3 Å². The number of hydrogen-bond donors (Lipinski definition) is 4. The van der Waals surface area contributed by atoms with Crippen molar-refractivity contribution in [1.82, 2.24) is 15.4 Å². The number of hydroxylamine groups is 3. The molecule has 2 unspecified atom stereocenters. The molecule has 0 bridgehead atoms. The number of hydrogen-bond acceptors (Lipinski definition) is 10. The Balaban J connectivity index is 1.40. The van der Waals surface area contributed by atoms with E-state index in [1.54, 1.807) is 48.5 Å². The summed E-state index contributed by atoms with van der Waals surface area (Å²) in [6.07, 6.45) is 0. The van der Waals surface area contributed by atoms with Gasteiger partial charge in [0, 0.05) is 23.8 Å². The Hall–Kier alpha value is -3.44. The molecule has 0 radical (unpaired) electrons. The zero-order chi connectivity index (χ0) is 32.0. The van der Waals surface area contributed by atoms with E-state index in [0.29, 0.717) is 41.8 Å². The molecule has 3 aromatic carbocycles. The number of imide groups is 1. The van der Waals surface area contributed by atoms with E-state index in [4.69, 9.17) is 26.2 Å². The maximum atomic E-state index is 14.6. The van der Waals surface area contributed by atoms with Gasteiger partial charge in [0.15, 0.2) is 12.6 Å². The number of rotatable bonds is 12. The smallest absolute Gasteiger partial charge is 0.297 e. The topological polar surface area (TPSA) is 169 Å². The van der Waals surface area contributed by atoms with Crippen LogP contribution in [0.4, 0.5) is 5.69 Å². The molecule has 4 N–H and O–H groups in total. The SMILES string of the molecule is O=C1C[N+]([O-])(C2CNCNC2)C(c2ccc(Oc3ccc(Cl)cc3)cc2)C(=O)N1c1ccc(S(=O)(=O)NCCOCCO)cc1. The third-order valence-corrected chi connectivity index (χ3v) is 9.30. The molecular weight excluding hydrogens is 626 g/mol. The summed E-state index contributed by atoms with van der Waals surface area (Å²) in [6.45, 7) is 0.625. The van der Waals surface area contributed by atoms with E-state index in [2.05, 4.69) is 15.4 Å². The van der Waals surface area contributed by atoms with E-state index in [1.165, 1.54) is 24.3 Å². The minimum Gasteiger partial charge on any atom is -0.631 e. The molecular formula is C30H34ClN5O8S. The number of amides is 2. The van der Waals surface area contributed by atoms with E-state index >= 15 is 0 Å². The molecule has 0 saturated carbocycles. The molecule has 0 aliphatic carbocycles. The first-order chi connectivity index (χ1) is 21.6. The molecule has 45 heavy (non-hydrogen) atoms. The quantitative estimate of drug-likeness (QED) is 0.0975. The van der Waals surface area contributed by atoms with E-state index in [1.807, 2.05) is 0 Å². The maximum absolute atomic E-state index is 14.6. The number of piperazine rings is 1. The van der Waals surface area contributed by atoms with Gasteiger partial charge in [-0.05, 0) is 72.8 Å². The van der Waals surface area contributed by atoms with Crippen molar-refractivity contribution in [3.05, 3.63) is 88.6 Å². The van der Waals surface area contributed by atoms with E-state index in [-0.39, 0.29) is 36.9 Å². The van der Waals surface area contributed by atoms with Gasteiger partial charge in [-0.1, -0.05) is 11.6 Å². The van der Waals surface area contributed by atoms with Gasteiger partial charge in [-0.2, -0.15) is 0 Å². The lowest BCUT2D eigenvalue weighted by atomic mass is 9.96. The van der Waals surface area contributed by atoms with E-state index in [9.17, 15) is 23.2 Å². The molecule has 2 saturated heterocycles. The minimum atomic E-state index is -3.90. The molecule has 3 aromatic rings. The summed E-state index contributed by atoms with van der Waals surface area (Å²) in [5, 5.41) is 30.2. The van der Waals surface area contributed by atoms with Crippen molar-refractivity contribution in [2.24, 2.45) is 0 Å². The minimum absolute atomic E-state index is 0.00717. The van der Waals surface area contributed by atoms with Gasteiger partial charge in [-0.15, -0.1) is 0 Å². The second-order valence-corrected chi connectivity index (χ2v) is 12.8. The fourth-order valence-corrected chi connectivity index (χ4v) is 6.53. The second kappa shape index (κ2) is 14.3. The Morgan fingerprint density at radius 3 is 2.20 bits per heavy atom. The molecule has 5 rings (SSSR count). The highest BCUT2D eigenvalue weighted by atomic mass is 35.5. The number of nitrogens with zero attached hydrogens (tertiary/aromatic N) is 2. The fourth-order valence-electron chi connectivity index (χ4n) is 5.39. The Morgan fingerprint density at radius 2 is 1.58 bits per heavy atom. The molecule has 2 heterocycles. The zero-order valence-corrected chi connectivity index (χ0v) is 25.8. The molecule has 13 nitrogen and oxygen atoms in total. The van der Waals surface area contributed by atoms with Crippen molar-refractivity contribution < 1.29 is 37.2 Å². The van der Waals surface area contributed by atoms with Crippen LogP contribution in [0.5, 0.6) is 11.5 Å². The Labute approximate surface area is 265 Å². The molecule has 0 aromatic heterocycles. The van der Waals surface area contributed by atoms with Crippen LogP contribution >= 0.6 is 11.6 Å². The summed E-state index contributed by atoms with van der Waals surface area (Å²) in [5.74, 6) is -0.364. The van der Waals surface area contributed by atoms with Gasteiger partial charge in [-0.3, -0.25) is 20.2 Å². The number of aliphatic hydroxyl groups is 1. The first-order valence-electron chi connectivity index (χ1n) is 14.3. The van der Waals surface area contributed by atoms with Gasteiger partial charge in [0.25, 0.3) is 11.8 Å². The molecule has 240 valence electrons. The number of halogens is 1. The lowest BCUT2D eigenvalue weighted by molar-refractivity contribution is -0.918. The average Bonchev–Trinajstić information content (AvgIpc) is 3.03. The predicted octanol–water partition coefficient (Wildman–Crippen LogP) is 1.87. The Kier molecular flexibility index (Phi) is 10.5. The summed E-state index contributed by atoms with van der Waals surface area (Å²) >= 11 is 5.96. The fraction of sp³-hybridized carbons (Fsp3) is 0.333. The van der Waals surface area contributed by atoms with Crippen molar-refractivity contribution in [2.45, 2.75) is 17.0 Å². The van der Waals surface area contributed by atoms with Crippen LogP contribution in [0, 0.1) is 5.21 Å². The van der Waals surface area contributed by atoms with Gasteiger partial charge in [0.2, 0.25) is 10.0 Å². The second-order valence-electron chi connectivity index (χ2n) is 10.6. The molecule has 0 spiro atoms. The van der Waals surface area contributed by atoms with Crippen molar-refractivity contribution in [1.29, 1.82) is 0 Å². The highest BCUT2D eigenvalue weighted by molar-refractivity contribution is 7.89. The van der Waals surface area contributed by atoms with Crippen LogP contribution < -0.4 is 25.0 Å². The molecule has 2 aliphatic rings. The number of carbonyl (C=O) groups excluding carboxylic acids is 2. The molecule has 2 aliphatic heterocycles. The standard InChI is InChI=1S/C30H34ClN5O8S/c31-22-3-9-26(10-4-22)44-25-7-1-21(2-8-25)29-30(39)35(28(38)19-36(29,40)24-17-32-20-33-18-24)23-5-11-27(12-6-23)45(41,42)34-13-15-43-16-14-37/h1-12,24,29,32-34,37H,13-20H2. The first-order valence-corrected chi connectivity index (χ1v) is 16.2. The number of aliphatic hydroxyl groups excluding tert-OH is 1. The van der Waals surface area contributed by atoms with Crippen LogP contribution in [0.25, 0.3) is 0 Å². The van der Waals surface area contributed by atoms with Gasteiger partial charge < -0.3 is 24.4 Å². The van der Waals surface area contributed by atoms with Crippen molar-refractivity contribution in [3.63, 3.8) is 0 Å². The van der Waals surface area contributed by atoms with E-state index < -0.39 is 45.1 Å². The molecule has 15 heteroatoms. The number of ether oxygens (including phenoxy) is 2. The van der Waals surface area contributed by atoms with Crippen molar-refractivity contribution >= 4 is 39.1 Å². The predicted molar refractivity (Wildman–Crippen MR) is 166 cm³/mol.